The van der Waals surface area contributed by atoms with E-state index in [0.29, 0.717) is 0 Å². The number of ether oxygens (including phenoxy) is 1. The number of pyridine rings is 1. The highest BCUT2D eigenvalue weighted by atomic mass is 19.4. The van der Waals surface area contributed by atoms with E-state index >= 15 is 0 Å². The molecule has 0 aromatic carbocycles. The Morgan fingerprint density at radius 2 is 1.91 bits per heavy atom. The Labute approximate surface area is 131 Å². The monoisotopic (exact) mass is 333 g/mol. The summed E-state index contributed by atoms with van der Waals surface area (Å²) in [7, 11) is 0. The quantitative estimate of drug-likeness (QED) is 0.742. The second-order valence-electron chi connectivity index (χ2n) is 4.96. The molecule has 0 spiro atoms. The third-order valence-corrected chi connectivity index (χ3v) is 2.62. The minimum absolute atomic E-state index is 0.105. The number of hydrogen-bond donors (Lipinski definition) is 2. The predicted octanol–water partition coefficient (Wildman–Crippen LogP) is 1.52. The fourth-order valence-electron chi connectivity index (χ4n) is 1.49. The van der Waals surface area contributed by atoms with E-state index < -0.39 is 24.6 Å². The molecule has 0 saturated heterocycles. The van der Waals surface area contributed by atoms with Gasteiger partial charge in [-0.3, -0.25) is 9.59 Å². The van der Waals surface area contributed by atoms with Crippen molar-refractivity contribution >= 4 is 11.8 Å². The van der Waals surface area contributed by atoms with E-state index in [2.05, 4.69) is 20.4 Å². The number of rotatable bonds is 7. The number of amides is 2. The zero-order valence-corrected chi connectivity index (χ0v) is 12.7. The topological polar surface area (TPSA) is 80.3 Å². The third-order valence-electron chi connectivity index (χ3n) is 2.62. The molecule has 6 nitrogen and oxygen atoms in total. The molecule has 1 aromatic heterocycles. The highest BCUT2D eigenvalue weighted by Gasteiger charge is 2.29. The number of carbonyl (C=O) groups excluding carboxylic acids is 2. The maximum absolute atomic E-state index is 12.2. The van der Waals surface area contributed by atoms with E-state index in [1.165, 1.54) is 18.3 Å². The zero-order valence-electron chi connectivity index (χ0n) is 12.7. The Morgan fingerprint density at radius 1 is 1.26 bits per heavy atom. The van der Waals surface area contributed by atoms with Crippen LogP contribution in [0.5, 0.6) is 5.88 Å². The Bertz CT molecular complexity index is 548. The first-order valence-electron chi connectivity index (χ1n) is 6.91. The van der Waals surface area contributed by atoms with Crippen LogP contribution in [0.1, 0.15) is 24.2 Å². The Kier molecular flexibility index (Phi) is 6.80. The van der Waals surface area contributed by atoms with Crippen LogP contribution in [0.25, 0.3) is 0 Å². The summed E-state index contributed by atoms with van der Waals surface area (Å²) in [5.41, 5.74) is -0.105. The lowest BCUT2D eigenvalue weighted by atomic mass is 10.2. The molecule has 0 radical (unpaired) electrons. The van der Waals surface area contributed by atoms with Crippen LogP contribution in [-0.2, 0) is 4.79 Å². The standard InChI is InChI=1S/C14H18F3N3O3/c1-9(2)11(21)18-6-7-19-12(22)10-4-3-5-20-13(10)23-8-14(15,16)17/h3-5,9H,6-8H2,1-2H3,(H,18,21)(H,19,22). The van der Waals surface area contributed by atoms with Crippen molar-refractivity contribution in [1.82, 2.24) is 15.6 Å². The van der Waals surface area contributed by atoms with Crippen LogP contribution in [0.3, 0.4) is 0 Å². The van der Waals surface area contributed by atoms with Crippen molar-refractivity contribution in [1.29, 1.82) is 0 Å². The van der Waals surface area contributed by atoms with Gasteiger partial charge in [-0.25, -0.2) is 4.98 Å². The molecular formula is C14H18F3N3O3. The van der Waals surface area contributed by atoms with Crippen LogP contribution in [0, 0.1) is 5.92 Å². The van der Waals surface area contributed by atoms with Crippen LogP contribution in [-0.4, -0.2) is 42.7 Å². The van der Waals surface area contributed by atoms with Crippen LogP contribution < -0.4 is 15.4 Å². The summed E-state index contributed by atoms with van der Waals surface area (Å²) in [4.78, 5) is 26.9. The summed E-state index contributed by atoms with van der Waals surface area (Å²) in [6.45, 7) is 2.27. The normalized spacial score (nSPS) is 11.2. The van der Waals surface area contributed by atoms with E-state index in [1.807, 2.05) is 0 Å². The lowest BCUT2D eigenvalue weighted by Crippen LogP contribution is -2.36. The third kappa shape index (κ3) is 6.98. The second kappa shape index (κ2) is 8.35. The Morgan fingerprint density at radius 3 is 2.52 bits per heavy atom. The smallest absolute Gasteiger partial charge is 0.422 e. The Hall–Kier alpha value is -2.32. The minimum Gasteiger partial charge on any atom is -0.467 e. The Balaban J connectivity index is 2.54. The first-order valence-corrected chi connectivity index (χ1v) is 6.91. The average molecular weight is 333 g/mol. The molecule has 0 aliphatic heterocycles. The molecular weight excluding hydrogens is 315 g/mol. The molecule has 0 aliphatic rings. The largest absolute Gasteiger partial charge is 0.467 e. The fourth-order valence-corrected chi connectivity index (χ4v) is 1.49. The number of nitrogens with one attached hydrogen (secondary N) is 2. The van der Waals surface area contributed by atoms with Gasteiger partial charge < -0.3 is 15.4 Å². The lowest BCUT2D eigenvalue weighted by Gasteiger charge is -2.12. The highest BCUT2D eigenvalue weighted by Crippen LogP contribution is 2.19. The molecule has 1 rings (SSSR count). The molecule has 2 N–H and O–H groups in total. The van der Waals surface area contributed by atoms with Gasteiger partial charge in [0.2, 0.25) is 11.8 Å². The molecule has 0 bridgehead atoms. The van der Waals surface area contributed by atoms with Gasteiger partial charge in [0.1, 0.15) is 5.56 Å². The number of alkyl halides is 3. The molecule has 0 saturated carbocycles. The van der Waals surface area contributed by atoms with Crippen molar-refractivity contribution < 1.29 is 27.5 Å². The SMILES string of the molecule is CC(C)C(=O)NCCNC(=O)c1cccnc1OCC(F)(F)F. The van der Waals surface area contributed by atoms with Gasteiger partial charge in [-0.2, -0.15) is 13.2 Å². The molecule has 0 unspecified atom stereocenters. The van der Waals surface area contributed by atoms with Crippen molar-refractivity contribution in [2.45, 2.75) is 20.0 Å². The minimum atomic E-state index is -4.52. The molecule has 2 amide bonds. The second-order valence-corrected chi connectivity index (χ2v) is 4.96. The number of hydrogen-bond acceptors (Lipinski definition) is 4. The maximum atomic E-state index is 12.2. The first-order chi connectivity index (χ1) is 10.7. The number of carbonyl (C=O) groups is 2. The van der Waals surface area contributed by atoms with Gasteiger partial charge in [-0.05, 0) is 12.1 Å². The molecule has 1 aromatic rings. The lowest BCUT2D eigenvalue weighted by molar-refractivity contribution is -0.154. The van der Waals surface area contributed by atoms with E-state index in [0.717, 1.165) is 0 Å². The molecule has 128 valence electrons. The summed E-state index contributed by atoms with van der Waals surface area (Å²) in [5.74, 6) is -1.36. The molecule has 1 heterocycles. The number of aromatic nitrogens is 1. The predicted molar refractivity (Wildman–Crippen MR) is 76.0 cm³/mol. The van der Waals surface area contributed by atoms with Gasteiger partial charge in [0, 0.05) is 25.2 Å². The molecule has 9 heteroatoms. The molecule has 0 aliphatic carbocycles. The average Bonchev–Trinajstić information content (AvgIpc) is 2.48. The van der Waals surface area contributed by atoms with Gasteiger partial charge in [0.05, 0.1) is 0 Å². The van der Waals surface area contributed by atoms with Gasteiger partial charge in [0.15, 0.2) is 6.61 Å². The summed E-state index contributed by atoms with van der Waals surface area (Å²) in [6, 6.07) is 2.72. The van der Waals surface area contributed by atoms with Crippen LogP contribution in [0.2, 0.25) is 0 Å². The van der Waals surface area contributed by atoms with Crippen LogP contribution in [0.15, 0.2) is 18.3 Å². The zero-order chi connectivity index (χ0) is 17.5. The summed E-state index contributed by atoms with van der Waals surface area (Å²) >= 11 is 0. The fraction of sp³-hybridized carbons (Fsp3) is 0.500. The molecule has 0 fully saturated rings. The van der Waals surface area contributed by atoms with Gasteiger partial charge in [-0.15, -0.1) is 0 Å². The van der Waals surface area contributed by atoms with Crippen LogP contribution >= 0.6 is 0 Å². The van der Waals surface area contributed by atoms with Crippen molar-refractivity contribution in [2.75, 3.05) is 19.7 Å². The summed E-state index contributed by atoms with van der Waals surface area (Å²) < 4.78 is 41.0. The number of nitrogens with zero attached hydrogens (tertiary/aromatic N) is 1. The molecule has 23 heavy (non-hydrogen) atoms. The van der Waals surface area contributed by atoms with Gasteiger partial charge in [0.25, 0.3) is 5.91 Å². The van der Waals surface area contributed by atoms with Crippen molar-refractivity contribution in [3.05, 3.63) is 23.9 Å². The van der Waals surface area contributed by atoms with E-state index in [9.17, 15) is 22.8 Å². The highest BCUT2D eigenvalue weighted by molar-refractivity contribution is 5.96. The van der Waals surface area contributed by atoms with E-state index in [-0.39, 0.29) is 30.5 Å². The van der Waals surface area contributed by atoms with Crippen molar-refractivity contribution in [2.24, 2.45) is 5.92 Å². The van der Waals surface area contributed by atoms with Gasteiger partial charge in [-0.1, -0.05) is 13.8 Å². The van der Waals surface area contributed by atoms with E-state index in [1.54, 1.807) is 13.8 Å². The van der Waals surface area contributed by atoms with Crippen LogP contribution in [0.4, 0.5) is 13.2 Å². The summed E-state index contributed by atoms with van der Waals surface area (Å²) in [6.07, 6.45) is -3.29. The van der Waals surface area contributed by atoms with E-state index in [4.69, 9.17) is 0 Å². The molecule has 0 atom stereocenters. The maximum Gasteiger partial charge on any atom is 0.422 e. The first kappa shape index (κ1) is 18.7. The van der Waals surface area contributed by atoms with Crippen molar-refractivity contribution in [3.8, 4) is 5.88 Å². The number of halogens is 3. The van der Waals surface area contributed by atoms with Crippen molar-refractivity contribution in [3.63, 3.8) is 0 Å². The van der Waals surface area contributed by atoms with Gasteiger partial charge >= 0.3 is 6.18 Å². The summed E-state index contributed by atoms with van der Waals surface area (Å²) in [5, 5.41) is 5.08.